The van der Waals surface area contributed by atoms with Crippen molar-refractivity contribution in [2.24, 2.45) is 0 Å². The molecule has 0 bridgehead atoms. The third-order valence-corrected chi connectivity index (χ3v) is 5.29. The Morgan fingerprint density at radius 2 is 1.78 bits per heavy atom. The maximum absolute atomic E-state index is 13.1. The van der Waals surface area contributed by atoms with Crippen LogP contribution in [0.4, 0.5) is 23.7 Å². The van der Waals surface area contributed by atoms with Crippen LogP contribution >= 0.6 is 27.5 Å². The number of amides is 4. The molecular formula is C20H13BrClF3N2O5. The number of hydrogen-bond donors (Lipinski definition) is 1. The van der Waals surface area contributed by atoms with Gasteiger partial charge in [0, 0.05) is 0 Å². The molecule has 0 aliphatic carbocycles. The van der Waals surface area contributed by atoms with Crippen LogP contribution in [0, 0.1) is 0 Å². The molecule has 32 heavy (non-hydrogen) atoms. The summed E-state index contributed by atoms with van der Waals surface area (Å²) in [4.78, 5) is 38.0. The molecule has 3 rings (SSSR count). The monoisotopic (exact) mass is 532 g/mol. The summed E-state index contributed by atoms with van der Waals surface area (Å²) in [6.45, 7) is 0. The number of methoxy groups -OCH3 is 2. The molecular weight excluding hydrogens is 521 g/mol. The van der Waals surface area contributed by atoms with Gasteiger partial charge in [0.25, 0.3) is 11.8 Å². The Morgan fingerprint density at radius 3 is 2.38 bits per heavy atom. The van der Waals surface area contributed by atoms with Gasteiger partial charge in [-0.3, -0.25) is 14.9 Å². The molecule has 2 aromatic rings. The Labute approximate surface area is 192 Å². The van der Waals surface area contributed by atoms with Gasteiger partial charge < -0.3 is 9.47 Å². The zero-order valence-corrected chi connectivity index (χ0v) is 18.7. The van der Waals surface area contributed by atoms with Crippen LogP contribution < -0.4 is 19.7 Å². The van der Waals surface area contributed by atoms with Crippen molar-refractivity contribution in [3.05, 3.63) is 56.5 Å². The molecule has 4 amide bonds. The highest BCUT2D eigenvalue weighted by Crippen LogP contribution is 2.38. The number of benzene rings is 2. The number of urea groups is 1. The van der Waals surface area contributed by atoms with Crippen molar-refractivity contribution in [2.75, 3.05) is 19.1 Å². The fourth-order valence-electron chi connectivity index (χ4n) is 2.92. The predicted molar refractivity (Wildman–Crippen MR) is 113 cm³/mol. The first-order valence-corrected chi connectivity index (χ1v) is 9.84. The van der Waals surface area contributed by atoms with Crippen LogP contribution in [0.2, 0.25) is 5.02 Å². The van der Waals surface area contributed by atoms with Gasteiger partial charge in [0.15, 0.2) is 11.5 Å². The fourth-order valence-corrected chi connectivity index (χ4v) is 3.75. The number of nitrogens with zero attached hydrogens (tertiary/aromatic N) is 1. The second kappa shape index (κ2) is 8.83. The first-order valence-electron chi connectivity index (χ1n) is 8.67. The number of carbonyl (C=O) groups is 3. The summed E-state index contributed by atoms with van der Waals surface area (Å²) in [5.41, 5.74) is -1.82. The number of halogens is 5. The lowest BCUT2D eigenvalue weighted by Crippen LogP contribution is -2.54. The molecule has 12 heteroatoms. The summed E-state index contributed by atoms with van der Waals surface area (Å²) in [6, 6.07) is 3.93. The van der Waals surface area contributed by atoms with Crippen molar-refractivity contribution in [1.82, 2.24) is 5.32 Å². The Bertz CT molecular complexity index is 1170. The maximum atomic E-state index is 13.1. The molecule has 1 N–H and O–H groups in total. The van der Waals surface area contributed by atoms with Crippen molar-refractivity contribution in [1.29, 1.82) is 0 Å². The number of hydrogen-bond acceptors (Lipinski definition) is 5. The largest absolute Gasteiger partial charge is 0.493 e. The number of alkyl halides is 3. The Morgan fingerprint density at radius 1 is 1.09 bits per heavy atom. The van der Waals surface area contributed by atoms with Crippen molar-refractivity contribution >= 4 is 57.1 Å². The minimum absolute atomic E-state index is 0.284. The highest BCUT2D eigenvalue weighted by molar-refractivity contribution is 9.10. The smallest absolute Gasteiger partial charge is 0.416 e. The quantitative estimate of drug-likeness (QED) is 0.451. The van der Waals surface area contributed by atoms with Crippen LogP contribution in [-0.2, 0) is 15.8 Å². The van der Waals surface area contributed by atoms with Gasteiger partial charge in [-0.1, -0.05) is 11.6 Å². The van der Waals surface area contributed by atoms with Gasteiger partial charge >= 0.3 is 12.2 Å². The van der Waals surface area contributed by atoms with Crippen LogP contribution in [0.5, 0.6) is 11.5 Å². The summed E-state index contributed by atoms with van der Waals surface area (Å²) < 4.78 is 50.2. The van der Waals surface area contributed by atoms with Crippen LogP contribution in [0.3, 0.4) is 0 Å². The minimum atomic E-state index is -4.74. The predicted octanol–water partition coefficient (Wildman–Crippen LogP) is 4.80. The lowest BCUT2D eigenvalue weighted by molar-refractivity contribution is -0.137. The van der Waals surface area contributed by atoms with Crippen molar-refractivity contribution in [2.45, 2.75) is 6.18 Å². The highest BCUT2D eigenvalue weighted by Gasteiger charge is 2.39. The van der Waals surface area contributed by atoms with Crippen molar-refractivity contribution in [3.8, 4) is 11.5 Å². The van der Waals surface area contributed by atoms with Gasteiger partial charge in [-0.05, 0) is 57.9 Å². The lowest BCUT2D eigenvalue weighted by atomic mass is 10.1. The van der Waals surface area contributed by atoms with E-state index in [0.717, 1.165) is 12.1 Å². The van der Waals surface area contributed by atoms with Crippen LogP contribution in [0.25, 0.3) is 6.08 Å². The van der Waals surface area contributed by atoms with E-state index < -0.39 is 40.8 Å². The molecule has 0 radical (unpaired) electrons. The average Bonchev–Trinajstić information content (AvgIpc) is 2.71. The molecule has 0 spiro atoms. The first-order chi connectivity index (χ1) is 15.0. The number of anilines is 1. The van der Waals surface area contributed by atoms with Crippen LogP contribution in [0.15, 0.2) is 40.4 Å². The van der Waals surface area contributed by atoms with E-state index in [-0.39, 0.29) is 10.8 Å². The van der Waals surface area contributed by atoms with Gasteiger partial charge in [0.05, 0.1) is 35.0 Å². The standard InChI is InChI=1S/C20H13BrClF3N2O5/c1-31-15-7-9(6-12(21)16(15)32-2)5-11-17(28)26-19(30)27(18(11)29)14-8-10(20(23,24)25)3-4-13(14)22/h3-8H,1-2H3,(H,26,28,30). The van der Waals surface area contributed by atoms with E-state index in [4.69, 9.17) is 21.1 Å². The van der Waals surface area contributed by atoms with Crippen molar-refractivity contribution in [3.63, 3.8) is 0 Å². The van der Waals surface area contributed by atoms with Crippen LogP contribution in [-0.4, -0.2) is 32.1 Å². The van der Waals surface area contributed by atoms with Gasteiger partial charge in [0.2, 0.25) is 0 Å². The number of ether oxygens (including phenoxy) is 2. The Kier molecular flexibility index (Phi) is 6.51. The van der Waals surface area contributed by atoms with E-state index in [2.05, 4.69) is 15.9 Å². The Balaban J connectivity index is 2.10. The number of nitrogens with one attached hydrogen (secondary N) is 1. The molecule has 1 aliphatic rings. The number of carbonyl (C=O) groups excluding carboxylic acids is 3. The molecule has 1 fully saturated rings. The van der Waals surface area contributed by atoms with Crippen LogP contribution in [0.1, 0.15) is 11.1 Å². The zero-order chi connectivity index (χ0) is 23.8. The van der Waals surface area contributed by atoms with E-state index >= 15 is 0 Å². The molecule has 7 nitrogen and oxygen atoms in total. The Hall–Kier alpha value is -3.05. The number of imide groups is 2. The molecule has 0 saturated carbocycles. The SMILES string of the molecule is COc1cc(C=C2C(=O)NC(=O)N(c3cc(C(F)(F)F)ccc3Cl)C2=O)cc(Br)c1OC. The van der Waals surface area contributed by atoms with Gasteiger partial charge in [-0.25, -0.2) is 9.69 Å². The summed E-state index contributed by atoms with van der Waals surface area (Å²) in [6.07, 6.45) is -3.58. The molecule has 168 valence electrons. The third kappa shape index (κ3) is 4.44. The fraction of sp³-hybridized carbons (Fsp3) is 0.150. The molecule has 0 atom stereocenters. The maximum Gasteiger partial charge on any atom is 0.416 e. The topological polar surface area (TPSA) is 84.9 Å². The van der Waals surface area contributed by atoms with E-state index in [1.165, 1.54) is 26.4 Å². The molecule has 2 aromatic carbocycles. The number of barbiturate groups is 1. The normalized spacial score (nSPS) is 15.8. The second-order valence-electron chi connectivity index (χ2n) is 6.36. The van der Waals surface area contributed by atoms with E-state index in [9.17, 15) is 27.6 Å². The summed E-state index contributed by atoms with van der Waals surface area (Å²) >= 11 is 9.25. The van der Waals surface area contributed by atoms with E-state index in [1.807, 2.05) is 5.32 Å². The lowest BCUT2D eigenvalue weighted by Gasteiger charge is -2.27. The molecule has 1 heterocycles. The second-order valence-corrected chi connectivity index (χ2v) is 7.62. The molecule has 1 saturated heterocycles. The molecule has 0 aromatic heterocycles. The van der Waals surface area contributed by atoms with E-state index in [1.54, 1.807) is 0 Å². The molecule has 0 unspecified atom stereocenters. The summed E-state index contributed by atoms with van der Waals surface area (Å²) in [5, 5.41) is 1.64. The van der Waals surface area contributed by atoms with Gasteiger partial charge in [-0.15, -0.1) is 0 Å². The third-order valence-electron chi connectivity index (χ3n) is 4.38. The first kappa shape index (κ1) is 23.6. The highest BCUT2D eigenvalue weighted by atomic mass is 79.9. The molecule has 1 aliphatic heterocycles. The van der Waals surface area contributed by atoms with Gasteiger partial charge in [-0.2, -0.15) is 13.2 Å². The average molecular weight is 534 g/mol. The van der Waals surface area contributed by atoms with Gasteiger partial charge in [0.1, 0.15) is 5.57 Å². The zero-order valence-electron chi connectivity index (χ0n) is 16.3. The van der Waals surface area contributed by atoms with E-state index in [0.29, 0.717) is 32.8 Å². The minimum Gasteiger partial charge on any atom is -0.493 e. The van der Waals surface area contributed by atoms with Crippen molar-refractivity contribution < 1.29 is 37.0 Å². The summed E-state index contributed by atoms with van der Waals surface area (Å²) in [7, 11) is 2.80. The summed E-state index contributed by atoms with van der Waals surface area (Å²) in [5.74, 6) is -1.52. The number of rotatable bonds is 4.